The lowest BCUT2D eigenvalue weighted by Gasteiger charge is -2.38. The molecule has 0 saturated heterocycles. The van der Waals surface area contributed by atoms with Gasteiger partial charge in [-0.25, -0.2) is 4.79 Å². The first kappa shape index (κ1) is 20.4. The Morgan fingerprint density at radius 1 is 1.08 bits per heavy atom. The molecule has 0 aliphatic heterocycles. The number of ether oxygens (including phenoxy) is 1. The van der Waals surface area contributed by atoms with Crippen molar-refractivity contribution in [3.63, 3.8) is 0 Å². The zero-order valence-electron chi connectivity index (χ0n) is 16.0. The van der Waals surface area contributed by atoms with Gasteiger partial charge < -0.3 is 14.1 Å². The fraction of sp³-hybridized carbons (Fsp3) is 0.556. The van der Waals surface area contributed by atoms with Gasteiger partial charge in [0.1, 0.15) is 0 Å². The average Bonchev–Trinajstić information content (AvgIpc) is 2.45. The summed E-state index contributed by atoms with van der Waals surface area (Å²) in [5, 5.41) is -0.0829. The molecule has 134 valence electrons. The van der Waals surface area contributed by atoms with Crippen LogP contribution >= 0.6 is 0 Å². The van der Waals surface area contributed by atoms with Gasteiger partial charge >= 0.3 is 5.97 Å². The highest BCUT2D eigenvalue weighted by atomic mass is 28.4. The average molecular weight is 352 g/mol. The van der Waals surface area contributed by atoms with Crippen molar-refractivity contribution in [2.45, 2.75) is 52.1 Å². The SMILES string of the molecule is CC(=O)C(OC(=O)c1ccc(N(C)C)cc1)O[Si](C)(C)C(C)(C)C. The number of carbonyl (C=O) groups is 2. The normalized spacial score (nSPS) is 13.3. The Bertz CT molecular complexity index is 588. The van der Waals surface area contributed by atoms with Crippen molar-refractivity contribution < 1.29 is 18.8 Å². The lowest BCUT2D eigenvalue weighted by molar-refractivity contribution is -0.141. The molecule has 1 atom stereocenters. The van der Waals surface area contributed by atoms with Crippen molar-refractivity contribution in [1.29, 1.82) is 0 Å². The summed E-state index contributed by atoms with van der Waals surface area (Å²) in [4.78, 5) is 26.1. The molecule has 1 rings (SSSR count). The van der Waals surface area contributed by atoms with Gasteiger partial charge in [-0.3, -0.25) is 4.79 Å². The summed E-state index contributed by atoms with van der Waals surface area (Å²) in [6.45, 7) is 11.6. The van der Waals surface area contributed by atoms with Crippen LogP contribution in [0.3, 0.4) is 0 Å². The van der Waals surface area contributed by atoms with Crippen molar-refractivity contribution in [2.24, 2.45) is 0 Å². The molecule has 0 spiro atoms. The Balaban J connectivity index is 2.89. The molecular formula is C18H29NO4Si. The summed E-state index contributed by atoms with van der Waals surface area (Å²) in [6, 6.07) is 7.02. The minimum absolute atomic E-state index is 0.0829. The largest absolute Gasteiger partial charge is 0.425 e. The number of anilines is 1. The maximum Gasteiger partial charge on any atom is 0.340 e. The van der Waals surface area contributed by atoms with E-state index in [1.54, 1.807) is 12.1 Å². The molecule has 0 fully saturated rings. The smallest absolute Gasteiger partial charge is 0.340 e. The highest BCUT2D eigenvalue weighted by Crippen LogP contribution is 2.37. The van der Waals surface area contributed by atoms with Crippen molar-refractivity contribution >= 4 is 25.8 Å². The van der Waals surface area contributed by atoms with E-state index in [0.29, 0.717) is 5.56 Å². The predicted molar refractivity (Wildman–Crippen MR) is 98.9 cm³/mol. The van der Waals surface area contributed by atoms with Crippen LogP contribution < -0.4 is 4.90 Å². The first-order valence-corrected chi connectivity index (χ1v) is 10.9. The van der Waals surface area contributed by atoms with E-state index in [1.807, 2.05) is 44.2 Å². The van der Waals surface area contributed by atoms with Crippen LogP contribution in [0.5, 0.6) is 0 Å². The summed E-state index contributed by atoms with van der Waals surface area (Å²) in [5.74, 6) is -0.864. The Kier molecular flexibility index (Phi) is 6.36. The van der Waals surface area contributed by atoms with Gasteiger partial charge in [0.05, 0.1) is 5.56 Å². The molecule has 0 aliphatic carbocycles. The van der Waals surface area contributed by atoms with Gasteiger partial charge in [0.2, 0.25) is 0 Å². The summed E-state index contributed by atoms with van der Waals surface area (Å²) >= 11 is 0. The Morgan fingerprint density at radius 2 is 1.58 bits per heavy atom. The van der Waals surface area contributed by atoms with Crippen LogP contribution in [0, 0.1) is 0 Å². The number of esters is 1. The lowest BCUT2D eigenvalue weighted by Crippen LogP contribution is -2.47. The van der Waals surface area contributed by atoms with Crippen LogP contribution in [-0.2, 0) is 14.0 Å². The zero-order valence-corrected chi connectivity index (χ0v) is 17.0. The molecule has 0 N–H and O–H groups in total. The Morgan fingerprint density at radius 3 is 1.96 bits per heavy atom. The van der Waals surface area contributed by atoms with Gasteiger partial charge in [0.15, 0.2) is 14.1 Å². The van der Waals surface area contributed by atoms with E-state index in [0.717, 1.165) is 5.69 Å². The topological polar surface area (TPSA) is 55.8 Å². The number of benzene rings is 1. The minimum Gasteiger partial charge on any atom is -0.425 e. The van der Waals surface area contributed by atoms with Crippen LogP contribution in [0.15, 0.2) is 24.3 Å². The molecule has 0 aliphatic rings. The number of carbonyl (C=O) groups excluding carboxylic acids is 2. The van der Waals surface area contributed by atoms with Gasteiger partial charge in [-0.05, 0) is 42.4 Å². The maximum absolute atomic E-state index is 12.3. The third kappa shape index (κ3) is 5.17. The number of hydrogen-bond donors (Lipinski definition) is 0. The number of nitrogens with zero attached hydrogens (tertiary/aromatic N) is 1. The van der Waals surface area contributed by atoms with Gasteiger partial charge in [-0.1, -0.05) is 20.8 Å². The summed E-state index contributed by atoms with van der Waals surface area (Å²) in [6.07, 6.45) is -1.16. The van der Waals surface area contributed by atoms with Crippen LogP contribution in [0.4, 0.5) is 5.69 Å². The van der Waals surface area contributed by atoms with E-state index >= 15 is 0 Å². The maximum atomic E-state index is 12.3. The Hall–Kier alpha value is -1.66. The summed E-state index contributed by atoms with van der Waals surface area (Å²) in [7, 11) is 1.62. The van der Waals surface area contributed by atoms with Crippen molar-refractivity contribution in [3.05, 3.63) is 29.8 Å². The molecule has 0 amide bonds. The zero-order chi connectivity index (χ0) is 18.7. The van der Waals surface area contributed by atoms with E-state index < -0.39 is 20.6 Å². The monoisotopic (exact) mass is 351 g/mol. The number of hydrogen-bond acceptors (Lipinski definition) is 5. The molecule has 1 aromatic carbocycles. The second kappa shape index (κ2) is 7.48. The van der Waals surface area contributed by atoms with Crippen molar-refractivity contribution in [2.75, 3.05) is 19.0 Å². The van der Waals surface area contributed by atoms with Gasteiger partial charge in [0.25, 0.3) is 6.29 Å². The van der Waals surface area contributed by atoms with E-state index in [9.17, 15) is 9.59 Å². The first-order chi connectivity index (χ1) is 10.8. The van der Waals surface area contributed by atoms with E-state index in [1.165, 1.54) is 6.92 Å². The quantitative estimate of drug-likeness (QED) is 0.443. The van der Waals surface area contributed by atoms with Gasteiger partial charge in [-0.15, -0.1) is 0 Å². The van der Waals surface area contributed by atoms with Crippen LogP contribution in [0.2, 0.25) is 18.1 Å². The van der Waals surface area contributed by atoms with E-state index in [-0.39, 0.29) is 10.8 Å². The molecule has 1 unspecified atom stereocenters. The molecule has 24 heavy (non-hydrogen) atoms. The van der Waals surface area contributed by atoms with E-state index in [2.05, 4.69) is 20.8 Å². The molecule has 5 nitrogen and oxygen atoms in total. The second-order valence-electron chi connectivity index (χ2n) is 7.67. The highest BCUT2D eigenvalue weighted by molar-refractivity contribution is 6.74. The van der Waals surface area contributed by atoms with Crippen molar-refractivity contribution in [1.82, 2.24) is 0 Å². The number of Topliss-reactive ketones (excluding diaryl/α,β-unsaturated/α-hetero) is 1. The summed E-state index contributed by atoms with van der Waals surface area (Å²) in [5.41, 5.74) is 1.37. The van der Waals surface area contributed by atoms with Crippen molar-refractivity contribution in [3.8, 4) is 0 Å². The first-order valence-electron chi connectivity index (χ1n) is 8.02. The molecule has 0 bridgehead atoms. The summed E-state index contributed by atoms with van der Waals surface area (Å²) < 4.78 is 11.3. The molecule has 0 radical (unpaired) electrons. The van der Waals surface area contributed by atoms with E-state index in [4.69, 9.17) is 9.16 Å². The van der Waals surface area contributed by atoms with Crippen LogP contribution in [0.25, 0.3) is 0 Å². The Labute approximate surface area is 146 Å². The molecular weight excluding hydrogens is 322 g/mol. The predicted octanol–water partition coefficient (Wildman–Crippen LogP) is 3.85. The third-order valence-corrected chi connectivity index (χ3v) is 8.79. The highest BCUT2D eigenvalue weighted by Gasteiger charge is 2.41. The van der Waals surface area contributed by atoms with Crippen LogP contribution in [-0.4, -0.2) is 40.5 Å². The molecule has 0 aromatic heterocycles. The lowest BCUT2D eigenvalue weighted by atomic mass is 10.2. The number of rotatable bonds is 6. The van der Waals surface area contributed by atoms with Crippen LogP contribution in [0.1, 0.15) is 38.1 Å². The molecule has 0 saturated carbocycles. The molecule has 1 aromatic rings. The molecule has 6 heteroatoms. The van der Waals surface area contributed by atoms with Gasteiger partial charge in [0, 0.05) is 26.7 Å². The fourth-order valence-electron chi connectivity index (χ4n) is 1.70. The number of ketones is 1. The second-order valence-corrected chi connectivity index (χ2v) is 12.4. The fourth-order valence-corrected chi connectivity index (χ4v) is 2.80. The minimum atomic E-state index is -2.23. The third-order valence-electron chi connectivity index (χ3n) is 4.37. The molecule has 0 heterocycles. The van der Waals surface area contributed by atoms with Gasteiger partial charge in [-0.2, -0.15) is 0 Å². The standard InChI is InChI=1S/C18H29NO4Si/c1-13(20)17(23-24(7,8)18(2,3)4)22-16(21)14-9-11-15(12-10-14)19(5)6/h9-12,17H,1-8H3.